The van der Waals surface area contributed by atoms with E-state index in [1.807, 2.05) is 17.0 Å². The largest absolute Gasteiger partial charge is 0.342 e. The second-order valence-corrected chi connectivity index (χ2v) is 6.44. The second-order valence-electron chi connectivity index (χ2n) is 5.06. The molecule has 8 heteroatoms. The summed E-state index contributed by atoms with van der Waals surface area (Å²) in [6.45, 7) is 1.70. The lowest BCUT2D eigenvalue weighted by Crippen LogP contribution is -2.29. The first-order chi connectivity index (χ1) is 10.6. The van der Waals surface area contributed by atoms with Crippen LogP contribution in [0.4, 0.5) is 0 Å². The average Bonchev–Trinajstić information content (AvgIpc) is 3.16. The summed E-state index contributed by atoms with van der Waals surface area (Å²) in [7, 11) is 0. The number of nitrogens with zero attached hydrogens (tertiary/aromatic N) is 4. The van der Waals surface area contributed by atoms with Crippen LogP contribution in [0.25, 0.3) is 11.4 Å². The number of hydrogen-bond acceptors (Lipinski definition) is 5. The van der Waals surface area contributed by atoms with Gasteiger partial charge in [0.2, 0.25) is 11.1 Å². The molecule has 2 heterocycles. The molecule has 0 radical (unpaired) electrons. The average molecular weight is 338 g/mol. The van der Waals surface area contributed by atoms with Crippen molar-refractivity contribution in [3.63, 3.8) is 0 Å². The van der Waals surface area contributed by atoms with Crippen LogP contribution in [-0.4, -0.2) is 44.5 Å². The highest BCUT2D eigenvalue weighted by atomic mass is 35.5. The van der Waals surface area contributed by atoms with Crippen LogP contribution in [0.1, 0.15) is 12.8 Å². The van der Waals surface area contributed by atoms with E-state index in [0.29, 0.717) is 21.8 Å². The van der Waals surface area contributed by atoms with E-state index in [2.05, 4.69) is 10.2 Å². The Morgan fingerprint density at radius 1 is 1.23 bits per heavy atom. The zero-order chi connectivity index (χ0) is 15.5. The van der Waals surface area contributed by atoms with Gasteiger partial charge in [0.15, 0.2) is 5.82 Å². The van der Waals surface area contributed by atoms with Crippen LogP contribution in [0, 0.1) is 0 Å². The van der Waals surface area contributed by atoms with Crippen LogP contribution in [0.3, 0.4) is 0 Å². The quantitative estimate of drug-likeness (QED) is 0.682. The Bertz CT molecular complexity index is 666. The first-order valence-corrected chi connectivity index (χ1v) is 8.38. The maximum atomic E-state index is 12.0. The molecule has 6 nitrogen and oxygen atoms in total. The molecule has 1 aromatic heterocycles. The van der Waals surface area contributed by atoms with Crippen molar-refractivity contribution in [2.75, 3.05) is 24.7 Å². The van der Waals surface area contributed by atoms with Gasteiger partial charge in [-0.1, -0.05) is 23.4 Å². The fraction of sp³-hybridized carbons (Fsp3) is 0.357. The lowest BCUT2D eigenvalue weighted by atomic mass is 10.2. The normalized spacial score (nSPS) is 14.5. The topological polar surface area (TPSA) is 77.0 Å². The smallest absolute Gasteiger partial charge is 0.233 e. The van der Waals surface area contributed by atoms with E-state index in [9.17, 15) is 4.79 Å². The summed E-state index contributed by atoms with van der Waals surface area (Å²) in [5, 5.41) is 9.33. The number of hydrogen-bond donors (Lipinski definition) is 1. The van der Waals surface area contributed by atoms with Crippen molar-refractivity contribution in [3.8, 4) is 11.4 Å². The van der Waals surface area contributed by atoms with Crippen LogP contribution in [0.15, 0.2) is 29.4 Å². The summed E-state index contributed by atoms with van der Waals surface area (Å²) in [5.41, 5.74) is 0.831. The highest BCUT2D eigenvalue weighted by molar-refractivity contribution is 7.99. The predicted molar refractivity (Wildman–Crippen MR) is 87.2 cm³/mol. The number of amides is 1. The molecule has 116 valence electrons. The van der Waals surface area contributed by atoms with Crippen molar-refractivity contribution in [1.82, 2.24) is 19.8 Å². The van der Waals surface area contributed by atoms with Gasteiger partial charge in [0.05, 0.1) is 5.75 Å². The third-order valence-electron chi connectivity index (χ3n) is 3.55. The third-order valence-corrected chi connectivity index (χ3v) is 4.73. The van der Waals surface area contributed by atoms with Crippen molar-refractivity contribution in [2.24, 2.45) is 0 Å². The molecule has 22 heavy (non-hydrogen) atoms. The molecular weight excluding hydrogens is 322 g/mol. The summed E-state index contributed by atoms with van der Waals surface area (Å²) in [4.78, 5) is 13.9. The number of nitrogen functional groups attached to an aromatic ring is 1. The Morgan fingerprint density at radius 2 is 1.91 bits per heavy atom. The lowest BCUT2D eigenvalue weighted by molar-refractivity contribution is -0.127. The van der Waals surface area contributed by atoms with E-state index in [-0.39, 0.29) is 5.91 Å². The highest BCUT2D eigenvalue weighted by Gasteiger charge is 2.19. The van der Waals surface area contributed by atoms with E-state index < -0.39 is 0 Å². The molecule has 0 bridgehead atoms. The molecular formula is C14H16ClN5OS. The summed E-state index contributed by atoms with van der Waals surface area (Å²) in [5.74, 6) is 7.03. The van der Waals surface area contributed by atoms with E-state index >= 15 is 0 Å². The summed E-state index contributed by atoms with van der Waals surface area (Å²) in [6, 6.07) is 7.21. The zero-order valence-corrected chi connectivity index (χ0v) is 13.5. The van der Waals surface area contributed by atoms with E-state index in [1.54, 1.807) is 12.1 Å². The fourth-order valence-electron chi connectivity index (χ4n) is 2.36. The SMILES string of the molecule is Nn1c(SCC(=O)N2CCCC2)nnc1-c1ccc(Cl)cc1. The first-order valence-electron chi connectivity index (χ1n) is 7.02. The van der Waals surface area contributed by atoms with E-state index in [0.717, 1.165) is 31.5 Å². The van der Waals surface area contributed by atoms with Gasteiger partial charge in [0, 0.05) is 23.7 Å². The number of rotatable bonds is 4. The van der Waals surface area contributed by atoms with Gasteiger partial charge in [0.25, 0.3) is 0 Å². The Balaban J connectivity index is 1.68. The van der Waals surface area contributed by atoms with Crippen molar-refractivity contribution in [2.45, 2.75) is 18.0 Å². The number of likely N-dealkylation sites (tertiary alicyclic amines) is 1. The van der Waals surface area contributed by atoms with Gasteiger partial charge in [0.1, 0.15) is 0 Å². The van der Waals surface area contributed by atoms with Gasteiger partial charge < -0.3 is 10.7 Å². The summed E-state index contributed by atoms with van der Waals surface area (Å²) in [6.07, 6.45) is 2.17. The van der Waals surface area contributed by atoms with Gasteiger partial charge in [-0.2, -0.15) is 0 Å². The number of carbonyl (C=O) groups is 1. The van der Waals surface area contributed by atoms with Gasteiger partial charge in [-0.3, -0.25) is 4.79 Å². The zero-order valence-electron chi connectivity index (χ0n) is 11.9. The van der Waals surface area contributed by atoms with Crippen molar-refractivity contribution in [3.05, 3.63) is 29.3 Å². The number of thioether (sulfide) groups is 1. The van der Waals surface area contributed by atoms with Crippen LogP contribution >= 0.6 is 23.4 Å². The molecule has 1 aromatic carbocycles. The maximum absolute atomic E-state index is 12.0. The lowest BCUT2D eigenvalue weighted by Gasteiger charge is -2.14. The van der Waals surface area contributed by atoms with Gasteiger partial charge in [-0.25, -0.2) is 4.68 Å². The molecule has 1 aliphatic heterocycles. The van der Waals surface area contributed by atoms with Crippen LogP contribution in [-0.2, 0) is 4.79 Å². The number of halogens is 1. The second kappa shape index (κ2) is 6.58. The molecule has 0 aliphatic carbocycles. The summed E-state index contributed by atoms with van der Waals surface area (Å²) < 4.78 is 1.41. The molecule has 3 rings (SSSR count). The molecule has 1 fully saturated rings. The van der Waals surface area contributed by atoms with Gasteiger partial charge in [-0.05, 0) is 37.1 Å². The molecule has 2 N–H and O–H groups in total. The number of benzene rings is 1. The standard InChI is InChI=1S/C14H16ClN5OS/c15-11-5-3-10(4-6-11)13-17-18-14(20(13)16)22-9-12(21)19-7-1-2-8-19/h3-6H,1-2,7-9,16H2. The Hall–Kier alpha value is -1.73. The minimum Gasteiger partial charge on any atom is -0.342 e. The Kier molecular flexibility index (Phi) is 4.54. The predicted octanol–water partition coefficient (Wildman–Crippen LogP) is 2.03. The third kappa shape index (κ3) is 3.20. The minimum absolute atomic E-state index is 0.124. The van der Waals surface area contributed by atoms with Gasteiger partial charge in [-0.15, -0.1) is 10.2 Å². The number of nitrogens with two attached hydrogens (primary N) is 1. The van der Waals surface area contributed by atoms with Crippen molar-refractivity contribution in [1.29, 1.82) is 0 Å². The van der Waals surface area contributed by atoms with E-state index in [4.69, 9.17) is 17.4 Å². The Labute approximate surface area is 137 Å². The van der Waals surface area contributed by atoms with Crippen LogP contribution in [0.5, 0.6) is 0 Å². The molecule has 1 saturated heterocycles. The molecule has 0 unspecified atom stereocenters. The molecule has 0 saturated carbocycles. The minimum atomic E-state index is 0.124. The van der Waals surface area contributed by atoms with Crippen LogP contribution < -0.4 is 5.84 Å². The molecule has 1 aliphatic rings. The van der Waals surface area contributed by atoms with Crippen molar-refractivity contribution < 1.29 is 4.79 Å². The van der Waals surface area contributed by atoms with Crippen LogP contribution in [0.2, 0.25) is 5.02 Å². The van der Waals surface area contributed by atoms with E-state index in [1.165, 1.54) is 16.4 Å². The molecule has 0 spiro atoms. The highest BCUT2D eigenvalue weighted by Crippen LogP contribution is 2.23. The monoisotopic (exact) mass is 337 g/mol. The first kappa shape index (κ1) is 15.2. The molecule has 1 amide bonds. The van der Waals surface area contributed by atoms with Crippen molar-refractivity contribution >= 4 is 29.3 Å². The fourth-order valence-corrected chi connectivity index (χ4v) is 3.24. The molecule has 2 aromatic rings. The number of aromatic nitrogens is 3. The maximum Gasteiger partial charge on any atom is 0.233 e. The van der Waals surface area contributed by atoms with Gasteiger partial charge >= 0.3 is 0 Å². The number of carbonyl (C=O) groups excluding carboxylic acids is 1. The summed E-state index contributed by atoms with van der Waals surface area (Å²) >= 11 is 7.18. The molecule has 0 atom stereocenters. The Morgan fingerprint density at radius 3 is 2.59 bits per heavy atom.